The van der Waals surface area contributed by atoms with Crippen LogP contribution >= 0.6 is 0 Å². The Morgan fingerprint density at radius 1 is 1.06 bits per heavy atom. The second kappa shape index (κ2) is 11.1. The van der Waals surface area contributed by atoms with Gasteiger partial charge in [0.15, 0.2) is 11.5 Å². The average molecular weight is 702 g/mol. The maximum atomic E-state index is 14.8. The minimum atomic E-state index is -3.87. The van der Waals surface area contributed by atoms with Gasteiger partial charge >= 0.3 is 6.29 Å². The first-order valence-electron chi connectivity index (χ1n) is 15.9. The van der Waals surface area contributed by atoms with Crippen LogP contribution in [0.3, 0.4) is 0 Å². The summed E-state index contributed by atoms with van der Waals surface area (Å²) >= 11 is 0. The molecule has 12 nitrogen and oxygen atoms in total. The van der Waals surface area contributed by atoms with Crippen LogP contribution in [0.1, 0.15) is 46.9 Å². The molecular weight excluding hydrogens is 671 g/mol. The molecule has 3 aliphatic rings. The molecule has 0 spiro atoms. The van der Waals surface area contributed by atoms with Gasteiger partial charge in [0.05, 0.1) is 19.3 Å². The summed E-state index contributed by atoms with van der Waals surface area (Å²) in [6.07, 6.45) is -1.68. The number of pyridine rings is 1. The molecule has 4 heterocycles. The lowest BCUT2D eigenvalue weighted by atomic mass is 9.80. The number of fused-ring (bicyclic) bond motifs is 3. The van der Waals surface area contributed by atoms with Crippen molar-refractivity contribution in [2.75, 3.05) is 20.3 Å². The molecule has 0 bridgehead atoms. The average Bonchev–Trinajstić information content (AvgIpc) is 3.41. The molecule has 0 saturated heterocycles. The van der Waals surface area contributed by atoms with Gasteiger partial charge in [0, 0.05) is 41.1 Å². The Bertz CT molecular complexity index is 2260. The molecular formula is C36H30F3N5O7. The van der Waals surface area contributed by atoms with E-state index < -0.39 is 41.5 Å². The van der Waals surface area contributed by atoms with E-state index in [1.807, 2.05) is 0 Å². The molecule has 2 aliphatic heterocycles. The van der Waals surface area contributed by atoms with E-state index in [0.717, 1.165) is 0 Å². The van der Waals surface area contributed by atoms with E-state index in [0.29, 0.717) is 34.9 Å². The number of aromatic nitrogens is 3. The van der Waals surface area contributed by atoms with Crippen LogP contribution in [0.15, 0.2) is 72.9 Å². The van der Waals surface area contributed by atoms with Gasteiger partial charge in [-0.1, -0.05) is 30.3 Å². The number of alkyl halides is 3. The van der Waals surface area contributed by atoms with E-state index in [2.05, 4.69) is 19.9 Å². The predicted molar refractivity (Wildman–Crippen MR) is 174 cm³/mol. The zero-order valence-electron chi connectivity index (χ0n) is 27.2. The third kappa shape index (κ3) is 5.26. The normalized spacial score (nSPS) is 20.3. The van der Waals surface area contributed by atoms with Gasteiger partial charge in [0.2, 0.25) is 11.7 Å². The van der Waals surface area contributed by atoms with Crippen molar-refractivity contribution in [3.8, 4) is 34.3 Å². The Balaban J connectivity index is 1.21. The SMILES string of the molecule is COc1cc(C(=O)NC[C@@](O)(c2ccccc2)c2cc3c(c(-c4ccc5c(c4)OC(F)(F)O5)n2)OC[C@]3(C)C(N)=O)cc2cn(C3(F)CC3)nc12. The number of hydrogen-bond acceptors (Lipinski definition) is 9. The molecule has 0 radical (unpaired) electrons. The number of hydrogen-bond donors (Lipinski definition) is 3. The fourth-order valence-electron chi connectivity index (χ4n) is 6.38. The number of nitrogens with two attached hydrogens (primary N) is 1. The number of ether oxygens (including phenoxy) is 4. The number of carbonyl (C=O) groups excluding carboxylic acids is 2. The van der Waals surface area contributed by atoms with E-state index >= 15 is 0 Å². The minimum Gasteiger partial charge on any atom is -0.494 e. The maximum absolute atomic E-state index is 14.8. The van der Waals surface area contributed by atoms with Crippen molar-refractivity contribution in [1.82, 2.24) is 20.1 Å². The zero-order valence-corrected chi connectivity index (χ0v) is 27.2. The second-order valence-electron chi connectivity index (χ2n) is 13.1. The van der Waals surface area contributed by atoms with Crippen molar-refractivity contribution >= 4 is 22.7 Å². The van der Waals surface area contributed by atoms with Crippen molar-refractivity contribution in [1.29, 1.82) is 0 Å². The zero-order chi connectivity index (χ0) is 35.9. The fourth-order valence-corrected chi connectivity index (χ4v) is 6.38. The number of nitrogens with one attached hydrogen (secondary N) is 1. The minimum absolute atomic E-state index is 0.00397. The molecule has 262 valence electrons. The number of carbonyl (C=O) groups is 2. The summed E-state index contributed by atoms with van der Waals surface area (Å²) in [5.74, 6) is -2.90. The first-order valence-corrected chi connectivity index (χ1v) is 15.9. The summed E-state index contributed by atoms with van der Waals surface area (Å²) < 4.78 is 64.5. The standard InChI is InChI=1S/C36H30F3N5O7/c1-33(32(40)46)18-49-30-23(33)15-27(42-29(30)19-8-9-24-25(13-19)51-36(38,39)50-24)35(47,22-6-4-3-5-7-22)17-41-31(45)20-12-21-16-44(34(37)10-11-34)43-28(21)26(14-20)48-2/h3-9,12-16,47H,10-11,17-18H2,1-2H3,(H2,40,46)(H,41,45)/t33-,35+/m0/s1. The van der Waals surface area contributed by atoms with Crippen LogP contribution < -0.4 is 30.0 Å². The van der Waals surface area contributed by atoms with Gasteiger partial charge in [-0.3, -0.25) is 9.59 Å². The lowest BCUT2D eigenvalue weighted by Crippen LogP contribution is -2.43. The van der Waals surface area contributed by atoms with Gasteiger partial charge in [0.1, 0.15) is 40.3 Å². The summed E-state index contributed by atoms with van der Waals surface area (Å²) in [7, 11) is 1.41. The van der Waals surface area contributed by atoms with Crippen LogP contribution in [-0.2, 0) is 21.6 Å². The molecule has 51 heavy (non-hydrogen) atoms. The first kappa shape index (κ1) is 32.4. The lowest BCUT2D eigenvalue weighted by Gasteiger charge is -2.30. The monoisotopic (exact) mass is 701 g/mol. The molecule has 1 aliphatic carbocycles. The Labute approximate surface area is 287 Å². The molecule has 2 atom stereocenters. The van der Waals surface area contributed by atoms with Gasteiger partial charge in [-0.25, -0.2) is 14.1 Å². The van der Waals surface area contributed by atoms with Crippen LogP contribution in [0.4, 0.5) is 13.2 Å². The molecule has 3 aromatic carbocycles. The van der Waals surface area contributed by atoms with Crippen LogP contribution in [0.2, 0.25) is 0 Å². The highest BCUT2D eigenvalue weighted by molar-refractivity contribution is 6.00. The number of aliphatic hydroxyl groups is 1. The van der Waals surface area contributed by atoms with Gasteiger partial charge in [-0.15, -0.1) is 8.78 Å². The van der Waals surface area contributed by atoms with Gasteiger partial charge < -0.3 is 35.1 Å². The molecule has 5 aromatic rings. The van der Waals surface area contributed by atoms with E-state index in [-0.39, 0.29) is 52.1 Å². The second-order valence-corrected chi connectivity index (χ2v) is 13.1. The number of halogens is 3. The predicted octanol–water partition coefficient (Wildman–Crippen LogP) is 4.65. The van der Waals surface area contributed by atoms with Crippen molar-refractivity contribution < 1.29 is 46.8 Å². The number of nitrogens with zero attached hydrogens (tertiary/aromatic N) is 3. The first-order chi connectivity index (χ1) is 24.2. The smallest absolute Gasteiger partial charge is 0.494 e. The molecule has 2 amide bonds. The summed E-state index contributed by atoms with van der Waals surface area (Å²) in [4.78, 5) is 31.3. The molecule has 0 unspecified atom stereocenters. The third-order valence-corrected chi connectivity index (χ3v) is 9.60. The topological polar surface area (TPSA) is 160 Å². The molecule has 2 aromatic heterocycles. The van der Waals surface area contributed by atoms with Crippen molar-refractivity contribution in [2.45, 2.75) is 42.9 Å². The highest BCUT2D eigenvalue weighted by Gasteiger charge is 2.48. The molecule has 4 N–H and O–H groups in total. The fraction of sp³-hybridized carbons (Fsp3) is 0.278. The highest BCUT2D eigenvalue weighted by Crippen LogP contribution is 2.49. The Morgan fingerprint density at radius 3 is 2.51 bits per heavy atom. The van der Waals surface area contributed by atoms with E-state index in [9.17, 15) is 27.9 Å². The van der Waals surface area contributed by atoms with E-state index in [4.69, 9.17) is 20.2 Å². The van der Waals surface area contributed by atoms with Crippen LogP contribution in [0, 0.1) is 0 Å². The van der Waals surface area contributed by atoms with Crippen LogP contribution in [-0.4, -0.2) is 58.2 Å². The van der Waals surface area contributed by atoms with Crippen LogP contribution in [0.5, 0.6) is 23.0 Å². The summed E-state index contributed by atoms with van der Waals surface area (Å²) in [5, 5.41) is 20.2. The number of primary amides is 1. The molecule has 15 heteroatoms. The van der Waals surface area contributed by atoms with Crippen molar-refractivity contribution in [3.05, 3.63) is 95.3 Å². The third-order valence-electron chi connectivity index (χ3n) is 9.60. The van der Waals surface area contributed by atoms with Crippen molar-refractivity contribution in [2.24, 2.45) is 5.73 Å². The number of rotatable bonds is 9. The Kier molecular flexibility index (Phi) is 7.04. The summed E-state index contributed by atoms with van der Waals surface area (Å²) in [6, 6.07) is 17.0. The largest absolute Gasteiger partial charge is 0.586 e. The number of benzene rings is 3. The lowest BCUT2D eigenvalue weighted by molar-refractivity contribution is -0.286. The van der Waals surface area contributed by atoms with Gasteiger partial charge in [-0.2, -0.15) is 5.10 Å². The maximum Gasteiger partial charge on any atom is 0.586 e. The summed E-state index contributed by atoms with van der Waals surface area (Å²) in [5.41, 5.74) is 3.99. The highest BCUT2D eigenvalue weighted by atomic mass is 19.3. The van der Waals surface area contributed by atoms with E-state index in [1.165, 1.54) is 48.3 Å². The van der Waals surface area contributed by atoms with Crippen molar-refractivity contribution in [3.63, 3.8) is 0 Å². The quantitative estimate of drug-likeness (QED) is 0.199. The number of methoxy groups -OCH3 is 1. The Morgan fingerprint density at radius 2 is 1.80 bits per heavy atom. The molecule has 1 fully saturated rings. The van der Waals surface area contributed by atoms with Crippen LogP contribution in [0.25, 0.3) is 22.2 Å². The molecule has 8 rings (SSSR count). The Hall–Kier alpha value is -5.83. The summed E-state index contributed by atoms with van der Waals surface area (Å²) in [6.45, 7) is 1.01. The van der Waals surface area contributed by atoms with Gasteiger partial charge in [-0.05, 0) is 48.9 Å². The van der Waals surface area contributed by atoms with Gasteiger partial charge in [0.25, 0.3) is 5.91 Å². The van der Waals surface area contributed by atoms with E-state index in [1.54, 1.807) is 43.3 Å². The molecule has 1 saturated carbocycles. The number of amides is 2.